The topological polar surface area (TPSA) is 169 Å². The van der Waals surface area contributed by atoms with Crippen molar-refractivity contribution in [1.29, 1.82) is 0 Å². The molecule has 1 rings (SSSR count). The number of ether oxygens (including phenoxy) is 2. The lowest BCUT2D eigenvalue weighted by atomic mass is 9.99. The lowest BCUT2D eigenvalue weighted by Crippen LogP contribution is -2.60. The van der Waals surface area contributed by atoms with Gasteiger partial charge in [0.2, 0.25) is 5.91 Å². The fourth-order valence-corrected chi connectivity index (χ4v) is 7.93. The number of carbonyl (C=O) groups is 1. The van der Waals surface area contributed by atoms with Gasteiger partial charge in [0.25, 0.3) is 0 Å². The van der Waals surface area contributed by atoms with Gasteiger partial charge in [-0.05, 0) is 19.3 Å². The van der Waals surface area contributed by atoms with Gasteiger partial charge in [0.05, 0.1) is 25.4 Å². The molecule has 1 saturated heterocycles. The van der Waals surface area contributed by atoms with Crippen molar-refractivity contribution in [3.63, 3.8) is 0 Å². The first-order valence-electron chi connectivity index (χ1n) is 24.5. The maximum Gasteiger partial charge on any atom is 0.249 e. The van der Waals surface area contributed by atoms with Crippen molar-refractivity contribution >= 4 is 5.91 Å². The van der Waals surface area contributed by atoms with Crippen LogP contribution in [0.15, 0.2) is 12.2 Å². The van der Waals surface area contributed by atoms with Gasteiger partial charge in [0.1, 0.15) is 30.5 Å². The molecule has 1 heterocycles. The summed E-state index contributed by atoms with van der Waals surface area (Å²) in [6, 6.07) is -0.974. The number of unbranched alkanes of at least 4 members (excludes halogenated alkanes) is 30. The summed E-state index contributed by atoms with van der Waals surface area (Å²) in [4.78, 5) is 13.0. The van der Waals surface area contributed by atoms with E-state index in [0.717, 1.165) is 44.9 Å². The van der Waals surface area contributed by atoms with E-state index in [4.69, 9.17) is 9.47 Å². The monoisotopic (exact) mass is 828 g/mol. The van der Waals surface area contributed by atoms with Crippen molar-refractivity contribution in [1.82, 2.24) is 5.32 Å². The van der Waals surface area contributed by atoms with Crippen molar-refractivity contribution < 1.29 is 44.9 Å². The Hall–Kier alpha value is -1.11. The second-order valence-electron chi connectivity index (χ2n) is 17.4. The van der Waals surface area contributed by atoms with Crippen LogP contribution in [-0.4, -0.2) is 98.7 Å². The van der Waals surface area contributed by atoms with E-state index in [1.54, 1.807) is 6.08 Å². The fourth-order valence-electron chi connectivity index (χ4n) is 7.93. The Balaban J connectivity index is 2.34. The molecule has 0 bridgehead atoms. The summed E-state index contributed by atoms with van der Waals surface area (Å²) in [6.07, 6.45) is 34.4. The first-order valence-corrected chi connectivity index (χ1v) is 24.5. The molecule has 0 saturated carbocycles. The van der Waals surface area contributed by atoms with E-state index in [9.17, 15) is 35.4 Å². The van der Waals surface area contributed by atoms with Crippen LogP contribution in [0.25, 0.3) is 0 Å². The Morgan fingerprint density at radius 1 is 0.586 bits per heavy atom. The van der Waals surface area contributed by atoms with Gasteiger partial charge in [-0.15, -0.1) is 0 Å². The molecule has 8 atom stereocenters. The highest BCUT2D eigenvalue weighted by atomic mass is 16.7. The number of aliphatic hydroxyl groups is 6. The van der Waals surface area contributed by atoms with Crippen LogP contribution in [0.3, 0.4) is 0 Å². The third kappa shape index (κ3) is 28.4. The number of rotatable bonds is 41. The van der Waals surface area contributed by atoms with Gasteiger partial charge in [-0.1, -0.05) is 219 Å². The smallest absolute Gasteiger partial charge is 0.249 e. The van der Waals surface area contributed by atoms with Gasteiger partial charge in [-0.25, -0.2) is 0 Å². The Morgan fingerprint density at radius 2 is 0.983 bits per heavy atom. The van der Waals surface area contributed by atoms with E-state index < -0.39 is 61.5 Å². The molecule has 0 aromatic rings. The minimum atomic E-state index is -1.61. The standard InChI is InChI=1S/C48H93NO9/c1-3-5-7-9-11-13-15-17-18-19-20-21-22-23-25-27-29-31-33-35-37-42(52)47(56)49-40(39-57-48-46(55)45(54)44(53)43(38-50)58-48)41(51)36-34-32-30-28-26-24-16-14-12-10-8-6-4-2/h34,36,40-46,48,50-55H,3-33,35,37-39H2,1-2H3,(H,49,56)/b36-34+/t40-,41+,42+,43+,44+,45-,46+,48+/m0/s1. The zero-order valence-electron chi connectivity index (χ0n) is 37.4. The predicted molar refractivity (Wildman–Crippen MR) is 237 cm³/mol. The Bertz CT molecular complexity index is 937. The summed E-state index contributed by atoms with van der Waals surface area (Å²) in [6.45, 7) is 3.62. The summed E-state index contributed by atoms with van der Waals surface area (Å²) in [7, 11) is 0. The lowest BCUT2D eigenvalue weighted by Gasteiger charge is -2.40. The highest BCUT2D eigenvalue weighted by molar-refractivity contribution is 5.80. The van der Waals surface area contributed by atoms with Crippen LogP contribution in [0, 0.1) is 0 Å². The van der Waals surface area contributed by atoms with E-state index >= 15 is 0 Å². The van der Waals surface area contributed by atoms with Gasteiger partial charge < -0.3 is 45.4 Å². The number of hydrogen-bond acceptors (Lipinski definition) is 9. The number of amides is 1. The van der Waals surface area contributed by atoms with Crippen LogP contribution < -0.4 is 5.32 Å². The van der Waals surface area contributed by atoms with E-state index in [1.165, 1.54) is 161 Å². The molecule has 7 N–H and O–H groups in total. The summed E-state index contributed by atoms with van der Waals surface area (Å²) < 4.78 is 11.1. The Morgan fingerprint density at radius 3 is 1.40 bits per heavy atom. The quantitative estimate of drug-likeness (QED) is 0.0235. The molecule has 10 nitrogen and oxygen atoms in total. The van der Waals surface area contributed by atoms with Gasteiger partial charge in [0, 0.05) is 0 Å². The number of carbonyl (C=O) groups excluding carboxylic acids is 1. The molecule has 0 aromatic heterocycles. The molecule has 0 aromatic carbocycles. The largest absolute Gasteiger partial charge is 0.394 e. The van der Waals surface area contributed by atoms with Crippen LogP contribution in [0.1, 0.15) is 226 Å². The lowest BCUT2D eigenvalue weighted by molar-refractivity contribution is -0.302. The SMILES string of the molecule is CCCCCCCCCCCCC/C=C/[C@@H](O)[C@H](CO[C@@H]1O[C@H](CO)[C@@H](O)[C@H](O)[C@H]1O)NC(=O)[C@H](O)CCCCCCCCCCCCCCCCCCCCCC. The van der Waals surface area contributed by atoms with Crippen LogP contribution in [0.5, 0.6) is 0 Å². The molecule has 1 amide bonds. The van der Waals surface area contributed by atoms with E-state index in [2.05, 4.69) is 19.2 Å². The summed E-state index contributed by atoms with van der Waals surface area (Å²) >= 11 is 0. The number of nitrogens with one attached hydrogen (secondary N) is 1. The van der Waals surface area contributed by atoms with Crippen molar-refractivity contribution in [3.8, 4) is 0 Å². The molecule has 1 aliphatic rings. The maximum atomic E-state index is 13.0. The first-order chi connectivity index (χ1) is 28.3. The maximum absolute atomic E-state index is 13.0. The van der Waals surface area contributed by atoms with Gasteiger partial charge >= 0.3 is 0 Å². The zero-order chi connectivity index (χ0) is 42.5. The zero-order valence-corrected chi connectivity index (χ0v) is 37.4. The number of hydrogen-bond donors (Lipinski definition) is 7. The van der Waals surface area contributed by atoms with Crippen LogP contribution in [0.4, 0.5) is 0 Å². The molecule has 10 heteroatoms. The van der Waals surface area contributed by atoms with Crippen LogP contribution >= 0.6 is 0 Å². The Labute approximate surface area is 355 Å². The highest BCUT2D eigenvalue weighted by Gasteiger charge is 2.44. The van der Waals surface area contributed by atoms with Crippen molar-refractivity contribution in [3.05, 3.63) is 12.2 Å². The fraction of sp³-hybridized carbons (Fsp3) is 0.938. The summed E-state index contributed by atoms with van der Waals surface area (Å²) in [5.74, 6) is -0.613. The minimum absolute atomic E-state index is 0.301. The molecular weight excluding hydrogens is 735 g/mol. The molecule has 0 unspecified atom stereocenters. The first kappa shape index (κ1) is 54.9. The average Bonchev–Trinajstić information content (AvgIpc) is 3.22. The minimum Gasteiger partial charge on any atom is -0.394 e. The molecular formula is C48H93NO9. The van der Waals surface area contributed by atoms with Crippen molar-refractivity contribution in [2.75, 3.05) is 13.2 Å². The second-order valence-corrected chi connectivity index (χ2v) is 17.4. The summed E-state index contributed by atoms with van der Waals surface area (Å²) in [5, 5.41) is 64.7. The normalized spacial score (nSPS) is 21.4. The number of allylic oxidation sites excluding steroid dienone is 1. The van der Waals surface area contributed by atoms with E-state index in [0.29, 0.717) is 6.42 Å². The number of aliphatic hydroxyl groups excluding tert-OH is 6. The second kappa shape index (κ2) is 38.8. The molecule has 0 radical (unpaired) electrons. The van der Waals surface area contributed by atoms with Crippen molar-refractivity contribution in [2.45, 2.75) is 275 Å². The predicted octanol–water partition coefficient (Wildman–Crippen LogP) is 9.48. The Kier molecular flexibility index (Phi) is 36.7. The summed E-state index contributed by atoms with van der Waals surface area (Å²) in [5.41, 5.74) is 0. The molecule has 1 aliphatic heterocycles. The van der Waals surface area contributed by atoms with Gasteiger partial charge in [0.15, 0.2) is 6.29 Å². The highest BCUT2D eigenvalue weighted by Crippen LogP contribution is 2.23. The van der Waals surface area contributed by atoms with E-state index in [-0.39, 0.29) is 6.61 Å². The molecule has 344 valence electrons. The third-order valence-corrected chi connectivity index (χ3v) is 12.0. The van der Waals surface area contributed by atoms with Gasteiger partial charge in [-0.3, -0.25) is 4.79 Å². The van der Waals surface area contributed by atoms with Gasteiger partial charge in [-0.2, -0.15) is 0 Å². The van der Waals surface area contributed by atoms with Crippen LogP contribution in [-0.2, 0) is 14.3 Å². The third-order valence-electron chi connectivity index (χ3n) is 12.0. The average molecular weight is 828 g/mol. The molecule has 58 heavy (non-hydrogen) atoms. The van der Waals surface area contributed by atoms with E-state index in [1.807, 2.05) is 6.08 Å². The molecule has 0 aliphatic carbocycles. The van der Waals surface area contributed by atoms with Crippen LogP contribution in [0.2, 0.25) is 0 Å². The molecule has 0 spiro atoms. The van der Waals surface area contributed by atoms with Crippen molar-refractivity contribution in [2.24, 2.45) is 0 Å². The molecule has 1 fully saturated rings.